The molecule has 0 N–H and O–H groups in total. The maximum Gasteiger partial charge on any atom is 0.194 e. The molecule has 0 saturated heterocycles. The molecule has 0 spiro atoms. The summed E-state index contributed by atoms with van der Waals surface area (Å²) in [6.07, 6.45) is 5.82. The zero-order valence-electron chi connectivity index (χ0n) is 19.0. The number of hydrogen-bond donors (Lipinski definition) is 0. The van der Waals surface area contributed by atoms with Gasteiger partial charge in [0.1, 0.15) is 11.5 Å². The smallest absolute Gasteiger partial charge is 0.194 e. The predicted octanol–water partition coefficient (Wildman–Crippen LogP) is 5.66. The van der Waals surface area contributed by atoms with Gasteiger partial charge in [-0.2, -0.15) is 0 Å². The van der Waals surface area contributed by atoms with Gasteiger partial charge in [0.2, 0.25) is 0 Å². The average Bonchev–Trinajstić information content (AvgIpc) is 3.27. The molecule has 0 bridgehead atoms. The minimum atomic E-state index is -1.49. The van der Waals surface area contributed by atoms with Crippen molar-refractivity contribution in [2.24, 2.45) is 9.98 Å². The first-order chi connectivity index (χ1) is 16.8. The molecule has 0 aliphatic carbocycles. The summed E-state index contributed by atoms with van der Waals surface area (Å²) in [5, 5.41) is 0.495. The Kier molecular flexibility index (Phi) is 6.10. The van der Waals surface area contributed by atoms with Crippen LogP contribution in [0.5, 0.6) is 5.75 Å². The van der Waals surface area contributed by atoms with Crippen LogP contribution in [0.25, 0.3) is 5.69 Å². The van der Waals surface area contributed by atoms with Gasteiger partial charge in [-0.05, 0) is 49.2 Å². The monoisotopic (exact) mass is 499 g/mol. The van der Waals surface area contributed by atoms with Crippen molar-refractivity contribution in [2.45, 2.75) is 19.4 Å². The van der Waals surface area contributed by atoms with E-state index in [9.17, 15) is 13.2 Å². The highest BCUT2D eigenvalue weighted by atomic mass is 35.5. The van der Waals surface area contributed by atoms with E-state index in [1.165, 1.54) is 0 Å². The van der Waals surface area contributed by atoms with Gasteiger partial charge in [0, 0.05) is 23.8 Å². The van der Waals surface area contributed by atoms with E-state index < -0.39 is 23.5 Å². The van der Waals surface area contributed by atoms with Crippen molar-refractivity contribution < 1.29 is 17.9 Å². The molecular weight excluding hydrogens is 479 g/mol. The SMILES string of the molecule is COc1cc(N=C2C=C(Cl)CN3C2=NCCC3c2cc(F)c(F)c(F)c2)ccc1-n1cnc(C)c1. The van der Waals surface area contributed by atoms with Crippen molar-refractivity contribution in [3.8, 4) is 11.4 Å². The standard InChI is InChI=1S/C25H21ClF3N5O/c1-14-11-33(13-31-14)22-4-3-17(10-23(22)35-2)32-20-9-16(26)12-34-21(5-6-30-25(20)34)15-7-18(27)24(29)19(28)8-15/h3-4,7-11,13,21H,5-6,12H2,1-2H3. The highest BCUT2D eigenvalue weighted by molar-refractivity contribution is 6.49. The lowest BCUT2D eigenvalue weighted by Crippen LogP contribution is -2.45. The van der Waals surface area contributed by atoms with Crippen molar-refractivity contribution in [1.82, 2.24) is 14.5 Å². The fourth-order valence-corrected chi connectivity index (χ4v) is 4.59. The number of amidine groups is 1. The van der Waals surface area contributed by atoms with E-state index in [1.807, 2.05) is 34.7 Å². The van der Waals surface area contributed by atoms with Gasteiger partial charge in [-0.15, -0.1) is 0 Å². The molecule has 3 heterocycles. The zero-order chi connectivity index (χ0) is 24.7. The maximum absolute atomic E-state index is 13.9. The molecule has 2 aliphatic rings. The molecule has 1 unspecified atom stereocenters. The number of ether oxygens (including phenoxy) is 1. The zero-order valence-corrected chi connectivity index (χ0v) is 19.7. The first-order valence-corrected chi connectivity index (χ1v) is 11.3. The number of aryl methyl sites for hydroxylation is 1. The fourth-order valence-electron chi connectivity index (χ4n) is 4.36. The second-order valence-electron chi connectivity index (χ2n) is 8.30. The van der Waals surface area contributed by atoms with Gasteiger partial charge in [-0.1, -0.05) is 11.6 Å². The van der Waals surface area contributed by atoms with E-state index in [4.69, 9.17) is 21.3 Å². The van der Waals surface area contributed by atoms with Crippen LogP contribution in [0, 0.1) is 24.4 Å². The summed E-state index contributed by atoms with van der Waals surface area (Å²) in [7, 11) is 1.58. The average molecular weight is 500 g/mol. The summed E-state index contributed by atoms with van der Waals surface area (Å²) >= 11 is 6.44. The number of rotatable bonds is 4. The number of aliphatic imine (C=N–C) groups is 2. The molecule has 3 aromatic rings. The molecule has 0 radical (unpaired) electrons. The lowest BCUT2D eigenvalue weighted by atomic mass is 9.97. The molecule has 1 atom stereocenters. The Hall–Kier alpha value is -3.59. The van der Waals surface area contributed by atoms with Crippen LogP contribution in [0.3, 0.4) is 0 Å². The van der Waals surface area contributed by atoms with Gasteiger partial charge >= 0.3 is 0 Å². The summed E-state index contributed by atoms with van der Waals surface area (Å²) in [4.78, 5) is 15.5. The minimum Gasteiger partial charge on any atom is -0.494 e. The normalized spacial score (nSPS) is 18.9. The Morgan fingerprint density at radius 2 is 1.91 bits per heavy atom. The number of halogens is 4. The predicted molar refractivity (Wildman–Crippen MR) is 129 cm³/mol. The van der Waals surface area contributed by atoms with Gasteiger partial charge < -0.3 is 14.2 Å². The lowest BCUT2D eigenvalue weighted by molar-refractivity contribution is 0.309. The van der Waals surface area contributed by atoms with Crippen molar-refractivity contribution in [3.63, 3.8) is 0 Å². The van der Waals surface area contributed by atoms with Gasteiger partial charge in [-0.25, -0.2) is 23.1 Å². The van der Waals surface area contributed by atoms with E-state index in [1.54, 1.807) is 25.6 Å². The van der Waals surface area contributed by atoms with Crippen LogP contribution >= 0.6 is 11.6 Å². The summed E-state index contributed by atoms with van der Waals surface area (Å²) in [6.45, 7) is 2.62. The maximum atomic E-state index is 13.9. The fraction of sp³-hybridized carbons (Fsp3) is 0.240. The van der Waals surface area contributed by atoms with Crippen molar-refractivity contribution >= 4 is 28.8 Å². The summed E-state index contributed by atoms with van der Waals surface area (Å²) in [5.41, 5.74) is 3.14. The number of methoxy groups -OCH3 is 1. The molecule has 0 fully saturated rings. The number of aromatic nitrogens is 2. The molecule has 1 aromatic heterocycles. The van der Waals surface area contributed by atoms with E-state index in [-0.39, 0.29) is 0 Å². The van der Waals surface area contributed by atoms with Gasteiger partial charge in [-0.3, -0.25) is 4.99 Å². The molecule has 2 aliphatic heterocycles. The second kappa shape index (κ2) is 9.22. The van der Waals surface area contributed by atoms with Gasteiger partial charge in [0.15, 0.2) is 23.3 Å². The van der Waals surface area contributed by atoms with Crippen LogP contribution in [0.1, 0.15) is 23.7 Å². The van der Waals surface area contributed by atoms with Crippen LogP contribution in [0.15, 0.2) is 63.9 Å². The van der Waals surface area contributed by atoms with Crippen LogP contribution in [0.2, 0.25) is 0 Å². The lowest BCUT2D eigenvalue weighted by Gasteiger charge is -2.39. The van der Waals surface area contributed by atoms with Crippen LogP contribution in [-0.2, 0) is 0 Å². The Labute approximate surface area is 205 Å². The van der Waals surface area contributed by atoms with E-state index in [2.05, 4.69) is 9.98 Å². The topological polar surface area (TPSA) is 55.0 Å². The molecule has 35 heavy (non-hydrogen) atoms. The highest BCUT2D eigenvalue weighted by Gasteiger charge is 2.33. The molecule has 180 valence electrons. The van der Waals surface area contributed by atoms with Crippen molar-refractivity contribution in [2.75, 3.05) is 20.2 Å². The molecule has 0 saturated carbocycles. The Bertz CT molecular complexity index is 1370. The summed E-state index contributed by atoms with van der Waals surface area (Å²) in [6, 6.07) is 7.13. The van der Waals surface area contributed by atoms with E-state index >= 15 is 0 Å². The quantitative estimate of drug-likeness (QED) is 0.435. The number of imidazole rings is 1. The van der Waals surface area contributed by atoms with E-state index in [0.29, 0.717) is 53.1 Å². The minimum absolute atomic E-state index is 0.299. The van der Waals surface area contributed by atoms with Crippen molar-refractivity contribution in [1.29, 1.82) is 0 Å². The third-order valence-electron chi connectivity index (χ3n) is 5.95. The molecule has 2 aromatic carbocycles. The molecular formula is C25H21ClF3N5O. The Morgan fingerprint density at radius 3 is 2.60 bits per heavy atom. The van der Waals surface area contributed by atoms with Crippen LogP contribution in [-0.4, -0.2) is 46.2 Å². The largest absolute Gasteiger partial charge is 0.494 e. The third kappa shape index (κ3) is 4.43. The number of fused-ring (bicyclic) bond motifs is 1. The second-order valence-corrected chi connectivity index (χ2v) is 8.79. The first-order valence-electron chi connectivity index (χ1n) is 10.9. The molecule has 5 rings (SSSR count). The number of hydrogen-bond acceptors (Lipinski definition) is 5. The molecule has 10 heteroatoms. The summed E-state index contributed by atoms with van der Waals surface area (Å²) < 4.78 is 48.9. The number of nitrogens with zero attached hydrogens (tertiary/aromatic N) is 5. The molecule has 0 amide bonds. The van der Waals surface area contributed by atoms with E-state index in [0.717, 1.165) is 23.5 Å². The summed E-state index contributed by atoms with van der Waals surface area (Å²) in [5.74, 6) is -2.77. The molecule has 6 nitrogen and oxygen atoms in total. The highest BCUT2D eigenvalue weighted by Crippen LogP contribution is 2.35. The first kappa shape index (κ1) is 23.2. The number of benzene rings is 2. The van der Waals surface area contributed by atoms with Crippen LogP contribution in [0.4, 0.5) is 18.9 Å². The Morgan fingerprint density at radius 1 is 1.14 bits per heavy atom. The van der Waals surface area contributed by atoms with Crippen molar-refractivity contribution in [3.05, 3.63) is 82.7 Å². The Balaban J connectivity index is 1.51. The van der Waals surface area contributed by atoms with Crippen LogP contribution < -0.4 is 4.74 Å². The third-order valence-corrected chi connectivity index (χ3v) is 6.18. The van der Waals surface area contributed by atoms with Gasteiger partial charge in [0.25, 0.3) is 0 Å². The van der Waals surface area contributed by atoms with Gasteiger partial charge in [0.05, 0.1) is 43.1 Å².